The Labute approximate surface area is 109 Å². The summed E-state index contributed by atoms with van der Waals surface area (Å²) >= 11 is 0. The molecule has 0 bridgehead atoms. The number of pyridine rings is 1. The van der Waals surface area contributed by atoms with Crippen LogP contribution in [0.15, 0.2) is 66.6 Å². The summed E-state index contributed by atoms with van der Waals surface area (Å²) in [6, 6.07) is 12.1. The first-order valence-electron chi connectivity index (χ1n) is 5.63. The van der Waals surface area contributed by atoms with Gasteiger partial charge in [0.25, 0.3) is 0 Å². The zero-order valence-corrected chi connectivity index (χ0v) is 9.98. The molecule has 2 aromatic rings. The van der Waals surface area contributed by atoms with Crippen molar-refractivity contribution in [1.82, 2.24) is 4.98 Å². The summed E-state index contributed by atoms with van der Waals surface area (Å²) in [5.41, 5.74) is 1.06. The summed E-state index contributed by atoms with van der Waals surface area (Å²) < 4.78 is 0. The van der Waals surface area contributed by atoms with Gasteiger partial charge in [-0.3, -0.25) is 14.6 Å². The molecule has 0 saturated heterocycles. The molecule has 19 heavy (non-hydrogen) atoms. The summed E-state index contributed by atoms with van der Waals surface area (Å²) in [7, 11) is 0. The number of para-hydroxylation sites is 1. The number of hydrogen-bond donors (Lipinski definition) is 1. The molecule has 1 aliphatic rings. The first kappa shape index (κ1) is 12.7. The van der Waals surface area contributed by atoms with Crippen LogP contribution in [-0.2, 0) is 9.59 Å². The number of nitrogens with zero attached hydrogens (tertiary/aromatic N) is 1. The Kier molecular flexibility index (Phi) is 3.83. The van der Waals surface area contributed by atoms with Crippen molar-refractivity contribution in [2.75, 3.05) is 0 Å². The topological polar surface area (TPSA) is 67.3 Å². The van der Waals surface area contributed by atoms with Crippen LogP contribution in [0.3, 0.4) is 0 Å². The van der Waals surface area contributed by atoms with Crippen LogP contribution in [0.2, 0.25) is 0 Å². The molecule has 1 aromatic heterocycles. The second-order valence-electron chi connectivity index (χ2n) is 3.83. The number of aromatic nitrogens is 1. The molecule has 0 atom stereocenters. The van der Waals surface area contributed by atoms with Crippen molar-refractivity contribution in [2.24, 2.45) is 0 Å². The first-order valence-corrected chi connectivity index (χ1v) is 5.63. The SMILES string of the molecule is O=C1C=CC(=O)C(O)=C1.c1ccc2ncccc2c1. The van der Waals surface area contributed by atoms with Crippen LogP contribution in [0.25, 0.3) is 10.9 Å². The van der Waals surface area contributed by atoms with E-state index in [1.807, 2.05) is 30.5 Å². The third kappa shape index (κ3) is 3.35. The minimum absolute atomic E-state index is 0.355. The molecule has 0 saturated carbocycles. The molecule has 1 aromatic carbocycles. The summed E-state index contributed by atoms with van der Waals surface area (Å²) in [5.74, 6) is -1.36. The lowest BCUT2D eigenvalue weighted by molar-refractivity contribution is -0.116. The van der Waals surface area contributed by atoms with Gasteiger partial charge in [-0.2, -0.15) is 0 Å². The predicted molar refractivity (Wildman–Crippen MR) is 71.6 cm³/mol. The van der Waals surface area contributed by atoms with Gasteiger partial charge in [0, 0.05) is 17.7 Å². The van der Waals surface area contributed by atoms with Crippen LogP contribution in [0.1, 0.15) is 0 Å². The highest BCUT2D eigenvalue weighted by atomic mass is 16.3. The summed E-state index contributed by atoms with van der Waals surface area (Å²) in [4.78, 5) is 24.9. The Hall–Kier alpha value is -2.75. The van der Waals surface area contributed by atoms with E-state index >= 15 is 0 Å². The molecular weight excluding hydrogens is 242 g/mol. The summed E-state index contributed by atoms with van der Waals surface area (Å²) in [5, 5.41) is 9.79. The number of carbonyl (C=O) groups is 2. The number of aliphatic hydroxyl groups is 1. The van der Waals surface area contributed by atoms with Crippen molar-refractivity contribution in [1.29, 1.82) is 0 Å². The molecule has 4 nitrogen and oxygen atoms in total. The standard InChI is InChI=1S/C9H7N.C6H4O3/c1-2-6-9-8(4-1)5-3-7-10-9;7-4-1-2-5(8)6(9)3-4/h1-7H;1-3,9H. The minimum atomic E-state index is -0.519. The zero-order valence-electron chi connectivity index (χ0n) is 9.98. The van der Waals surface area contributed by atoms with Gasteiger partial charge in [0.1, 0.15) is 0 Å². The normalized spacial score (nSPS) is 13.8. The maximum atomic E-state index is 10.4. The van der Waals surface area contributed by atoms with Gasteiger partial charge in [0.15, 0.2) is 11.5 Å². The number of fused-ring (bicyclic) bond motifs is 1. The van der Waals surface area contributed by atoms with Crippen molar-refractivity contribution < 1.29 is 14.7 Å². The lowest BCUT2D eigenvalue weighted by Crippen LogP contribution is -2.05. The van der Waals surface area contributed by atoms with Gasteiger partial charge in [-0.1, -0.05) is 24.3 Å². The van der Waals surface area contributed by atoms with Gasteiger partial charge in [0.2, 0.25) is 5.78 Å². The Morgan fingerprint density at radius 1 is 0.947 bits per heavy atom. The van der Waals surface area contributed by atoms with E-state index in [9.17, 15) is 9.59 Å². The van der Waals surface area contributed by atoms with Crippen LogP contribution in [-0.4, -0.2) is 21.7 Å². The average Bonchev–Trinajstić information content (AvgIpc) is 2.44. The quantitative estimate of drug-likeness (QED) is 0.732. The van der Waals surface area contributed by atoms with E-state index in [4.69, 9.17) is 5.11 Å². The number of benzene rings is 1. The molecular formula is C15H11NO3. The first-order chi connectivity index (χ1) is 9.16. The average molecular weight is 253 g/mol. The van der Waals surface area contributed by atoms with Crippen LogP contribution < -0.4 is 0 Å². The van der Waals surface area contributed by atoms with Gasteiger partial charge in [-0.25, -0.2) is 0 Å². The number of aliphatic hydroxyl groups excluding tert-OH is 1. The highest BCUT2D eigenvalue weighted by Crippen LogP contribution is 2.07. The Bertz CT molecular complexity index is 621. The third-order valence-corrected chi connectivity index (χ3v) is 2.44. The maximum Gasteiger partial charge on any atom is 0.220 e. The van der Waals surface area contributed by atoms with Crippen molar-refractivity contribution >= 4 is 22.5 Å². The minimum Gasteiger partial charge on any atom is -0.504 e. The van der Waals surface area contributed by atoms with E-state index in [-0.39, 0.29) is 5.78 Å². The van der Waals surface area contributed by atoms with Crippen LogP contribution >= 0.6 is 0 Å². The molecule has 0 aliphatic heterocycles. The van der Waals surface area contributed by atoms with Crippen molar-refractivity contribution in [3.8, 4) is 0 Å². The molecule has 94 valence electrons. The number of rotatable bonds is 0. The van der Waals surface area contributed by atoms with E-state index < -0.39 is 11.5 Å². The molecule has 1 heterocycles. The number of carbonyl (C=O) groups excluding carboxylic acids is 2. The second kappa shape index (κ2) is 5.73. The highest BCUT2D eigenvalue weighted by Gasteiger charge is 2.09. The molecule has 1 N–H and O–H groups in total. The van der Waals surface area contributed by atoms with E-state index in [1.54, 1.807) is 0 Å². The molecule has 3 rings (SSSR count). The number of hydrogen-bond acceptors (Lipinski definition) is 4. The largest absolute Gasteiger partial charge is 0.504 e. The molecule has 0 amide bonds. The van der Waals surface area contributed by atoms with E-state index in [1.165, 1.54) is 5.39 Å². The summed E-state index contributed by atoms with van der Waals surface area (Å²) in [6.07, 6.45) is 4.85. The lowest BCUT2D eigenvalue weighted by atomic mass is 10.1. The molecule has 0 unspecified atom stereocenters. The summed E-state index contributed by atoms with van der Waals surface area (Å²) in [6.45, 7) is 0. The Morgan fingerprint density at radius 2 is 1.68 bits per heavy atom. The van der Waals surface area contributed by atoms with Crippen LogP contribution in [0.4, 0.5) is 0 Å². The van der Waals surface area contributed by atoms with Gasteiger partial charge in [-0.05, 0) is 24.3 Å². The zero-order chi connectivity index (χ0) is 13.7. The van der Waals surface area contributed by atoms with E-state index in [0.717, 1.165) is 23.7 Å². The second-order valence-corrected chi connectivity index (χ2v) is 3.83. The molecule has 4 heteroatoms. The predicted octanol–water partition coefficient (Wildman–Crippen LogP) is 2.37. The Balaban J connectivity index is 0.000000141. The number of allylic oxidation sites excluding steroid dienone is 3. The lowest BCUT2D eigenvalue weighted by Gasteiger charge is -1.95. The fraction of sp³-hybridized carbons (Fsp3) is 0. The smallest absolute Gasteiger partial charge is 0.220 e. The third-order valence-electron chi connectivity index (χ3n) is 2.44. The number of ketones is 2. The van der Waals surface area contributed by atoms with Crippen LogP contribution in [0.5, 0.6) is 0 Å². The van der Waals surface area contributed by atoms with Gasteiger partial charge >= 0.3 is 0 Å². The van der Waals surface area contributed by atoms with Gasteiger partial charge < -0.3 is 5.11 Å². The van der Waals surface area contributed by atoms with E-state index in [0.29, 0.717) is 0 Å². The van der Waals surface area contributed by atoms with Crippen molar-refractivity contribution in [2.45, 2.75) is 0 Å². The van der Waals surface area contributed by atoms with Gasteiger partial charge in [0.05, 0.1) is 5.52 Å². The fourth-order valence-electron chi connectivity index (χ4n) is 1.51. The monoisotopic (exact) mass is 253 g/mol. The van der Waals surface area contributed by atoms with Gasteiger partial charge in [-0.15, -0.1) is 0 Å². The van der Waals surface area contributed by atoms with E-state index in [2.05, 4.69) is 17.1 Å². The molecule has 0 fully saturated rings. The molecule has 0 radical (unpaired) electrons. The Morgan fingerprint density at radius 3 is 2.37 bits per heavy atom. The maximum absolute atomic E-state index is 10.4. The van der Waals surface area contributed by atoms with Crippen molar-refractivity contribution in [3.63, 3.8) is 0 Å². The molecule has 1 aliphatic carbocycles. The van der Waals surface area contributed by atoms with Crippen LogP contribution in [0, 0.1) is 0 Å². The fourth-order valence-corrected chi connectivity index (χ4v) is 1.51. The molecule has 0 spiro atoms. The van der Waals surface area contributed by atoms with Crippen molar-refractivity contribution in [3.05, 3.63) is 66.6 Å². The highest BCUT2D eigenvalue weighted by molar-refractivity contribution is 6.16.